The van der Waals surface area contributed by atoms with Crippen molar-refractivity contribution in [3.05, 3.63) is 0 Å². The van der Waals surface area contributed by atoms with Crippen LogP contribution in [-0.2, 0) is 13.8 Å². The molecule has 3 nitrogen and oxygen atoms in total. The lowest BCUT2D eigenvalue weighted by Gasteiger charge is -2.21. The Morgan fingerprint density at radius 2 is 2.36 bits per heavy atom. The van der Waals surface area contributed by atoms with Crippen LogP contribution in [0.25, 0.3) is 0 Å². The summed E-state index contributed by atoms with van der Waals surface area (Å²) in [5.41, 5.74) is 0. The fraction of sp³-hybridized carbons (Fsp3) is 0.889. The summed E-state index contributed by atoms with van der Waals surface area (Å²) >= 11 is 0. The molecule has 5 heteroatoms. The van der Waals surface area contributed by atoms with Gasteiger partial charge in [0.25, 0.3) is 0 Å². The van der Waals surface area contributed by atoms with Crippen molar-refractivity contribution in [2.24, 2.45) is 5.92 Å². The van der Waals surface area contributed by atoms with E-state index in [0.29, 0.717) is 0 Å². The fourth-order valence-electron chi connectivity index (χ4n) is 1.60. The van der Waals surface area contributed by atoms with Crippen molar-refractivity contribution in [2.75, 3.05) is 7.11 Å². The molecule has 1 rings (SSSR count). The summed E-state index contributed by atoms with van der Waals surface area (Å²) in [5.74, 6) is 0.0663. The SMILES string of the molecule is [2H]P(=C)(OC)OC1C(CC)OC([B])C1C. The first-order chi connectivity index (χ1) is 6.91. The molecule has 0 spiro atoms. The van der Waals surface area contributed by atoms with Crippen LogP contribution in [0.4, 0.5) is 0 Å². The first kappa shape index (κ1) is 10.8. The summed E-state index contributed by atoms with van der Waals surface area (Å²) in [4.78, 5) is 0. The standard InChI is InChI=1S/C9H18BO3P/c1-5-7-8(13-14(4)11-3)6(2)9(10)12-7/h6-9,14H,4-5H2,1-3H3/i14D. The smallest absolute Gasteiger partial charge is 0.116 e. The molecule has 0 bridgehead atoms. The van der Waals surface area contributed by atoms with Crippen molar-refractivity contribution < 1.29 is 13.8 Å². The molecule has 0 aliphatic carbocycles. The van der Waals surface area contributed by atoms with Crippen LogP contribution in [0.2, 0.25) is 0 Å². The van der Waals surface area contributed by atoms with Gasteiger partial charge in [-0.25, -0.2) is 0 Å². The van der Waals surface area contributed by atoms with Gasteiger partial charge >= 0.3 is 0 Å². The summed E-state index contributed by atoms with van der Waals surface area (Å²) in [7, 11) is 4.50. The van der Waals surface area contributed by atoms with E-state index in [1.165, 1.54) is 7.11 Å². The molecule has 1 saturated heterocycles. The predicted molar refractivity (Wildman–Crippen MR) is 61.2 cm³/mol. The average molecular weight is 217 g/mol. The molecule has 0 saturated carbocycles. The van der Waals surface area contributed by atoms with Gasteiger partial charge in [0, 0.05) is 19.0 Å². The quantitative estimate of drug-likeness (QED) is 0.526. The zero-order valence-corrected chi connectivity index (χ0v) is 9.87. The van der Waals surface area contributed by atoms with Gasteiger partial charge in [0.05, 0.1) is 12.2 Å². The van der Waals surface area contributed by atoms with Gasteiger partial charge in [0.15, 0.2) is 0 Å². The highest BCUT2D eigenvalue weighted by atomic mass is 31.1. The maximum absolute atomic E-state index is 7.72. The van der Waals surface area contributed by atoms with E-state index in [2.05, 4.69) is 6.30 Å². The minimum atomic E-state index is -2.72. The van der Waals surface area contributed by atoms with E-state index in [4.69, 9.17) is 22.9 Å². The summed E-state index contributed by atoms with van der Waals surface area (Å²) in [5, 5.41) is 0. The summed E-state index contributed by atoms with van der Waals surface area (Å²) in [6, 6.07) is -0.322. The highest BCUT2D eigenvalue weighted by Crippen LogP contribution is 2.36. The van der Waals surface area contributed by atoms with Crippen molar-refractivity contribution in [1.29, 1.82) is 1.28 Å². The van der Waals surface area contributed by atoms with Crippen molar-refractivity contribution >= 4 is 22.1 Å². The number of ether oxygens (including phenoxy) is 1. The molecular weight excluding hydrogens is 198 g/mol. The number of hydrogen-bond acceptors (Lipinski definition) is 3. The Bertz CT molecular complexity index is 264. The van der Waals surface area contributed by atoms with E-state index < -0.39 is 7.94 Å². The minimum Gasteiger partial charge on any atom is -0.382 e. The number of hydrogen-bond donors (Lipinski definition) is 0. The zero-order valence-electron chi connectivity index (χ0n) is 9.97. The molecule has 0 aromatic heterocycles. The van der Waals surface area contributed by atoms with Crippen LogP contribution < -0.4 is 0 Å². The molecule has 0 amide bonds. The normalized spacial score (nSPS) is 43.2. The van der Waals surface area contributed by atoms with Gasteiger partial charge in [-0.05, 0) is 6.42 Å². The lowest BCUT2D eigenvalue weighted by molar-refractivity contribution is 0.0410. The van der Waals surface area contributed by atoms with Crippen LogP contribution in [-0.4, -0.2) is 40.7 Å². The molecule has 1 heterocycles. The van der Waals surface area contributed by atoms with Gasteiger partial charge < -0.3 is 13.8 Å². The zero-order chi connectivity index (χ0) is 11.6. The van der Waals surface area contributed by atoms with Crippen molar-refractivity contribution in [3.63, 3.8) is 0 Å². The summed E-state index contributed by atoms with van der Waals surface area (Å²) < 4.78 is 23.7. The molecule has 80 valence electrons. The molecule has 1 aliphatic heterocycles. The minimum absolute atomic E-state index is 0.0587. The van der Waals surface area contributed by atoms with Crippen LogP contribution in [0.5, 0.6) is 0 Å². The van der Waals surface area contributed by atoms with Crippen LogP contribution in [0.1, 0.15) is 20.3 Å². The van der Waals surface area contributed by atoms with Crippen molar-refractivity contribution in [1.82, 2.24) is 0 Å². The Labute approximate surface area is 89.4 Å². The molecule has 14 heavy (non-hydrogen) atoms. The lowest BCUT2D eigenvalue weighted by Crippen LogP contribution is -2.26. The largest absolute Gasteiger partial charge is 0.382 e. The summed E-state index contributed by atoms with van der Waals surface area (Å²) in [6.07, 6.45) is 4.18. The van der Waals surface area contributed by atoms with Gasteiger partial charge in [0.1, 0.15) is 17.1 Å². The monoisotopic (exact) mass is 217 g/mol. The first-order valence-corrected chi connectivity index (χ1v) is 6.19. The van der Waals surface area contributed by atoms with Gasteiger partial charge in [-0.3, -0.25) is 0 Å². The molecule has 1 fully saturated rings. The van der Waals surface area contributed by atoms with Gasteiger partial charge in [-0.15, -0.1) is 0 Å². The molecule has 2 radical (unpaired) electrons. The fourth-order valence-corrected chi connectivity index (χ4v) is 2.29. The molecule has 0 aromatic carbocycles. The molecular formula is C9H18BO3P. The molecule has 5 unspecified atom stereocenters. The van der Waals surface area contributed by atoms with Crippen LogP contribution in [0, 0.1) is 5.92 Å². The van der Waals surface area contributed by atoms with Crippen LogP contribution >= 0.6 is 7.94 Å². The second-order valence-electron chi connectivity index (χ2n) is 3.49. The van der Waals surface area contributed by atoms with Gasteiger partial charge in [0.2, 0.25) is 0 Å². The lowest BCUT2D eigenvalue weighted by atomic mass is 9.86. The van der Waals surface area contributed by atoms with Gasteiger partial charge in [-0.2, -0.15) is 0 Å². The Balaban J connectivity index is 2.70. The highest BCUT2D eigenvalue weighted by Gasteiger charge is 2.39. The topological polar surface area (TPSA) is 27.7 Å². The first-order valence-electron chi connectivity index (χ1n) is 5.27. The molecule has 0 aromatic rings. The Kier molecular flexibility index (Phi) is 4.12. The maximum Gasteiger partial charge on any atom is 0.116 e. The second kappa shape index (κ2) is 5.36. The van der Waals surface area contributed by atoms with E-state index in [0.717, 1.165) is 6.42 Å². The van der Waals surface area contributed by atoms with Crippen LogP contribution in [0.3, 0.4) is 0 Å². The van der Waals surface area contributed by atoms with E-state index >= 15 is 0 Å². The average Bonchev–Trinajstić information content (AvgIpc) is 2.45. The Hall–Kier alpha value is 0.245. The molecule has 0 N–H and O–H groups in total. The van der Waals surface area contributed by atoms with E-state index in [1.54, 1.807) is 0 Å². The Morgan fingerprint density at radius 3 is 2.86 bits per heavy atom. The third-order valence-corrected chi connectivity index (χ3v) is 3.47. The van der Waals surface area contributed by atoms with E-state index in [1.807, 2.05) is 13.8 Å². The Morgan fingerprint density at radius 1 is 1.71 bits per heavy atom. The third kappa shape index (κ3) is 2.63. The molecule has 1 aliphatic rings. The van der Waals surface area contributed by atoms with Gasteiger partial charge in [-0.1, -0.05) is 20.1 Å². The van der Waals surface area contributed by atoms with Crippen molar-refractivity contribution in [2.45, 2.75) is 38.5 Å². The molecule has 5 atom stereocenters. The predicted octanol–water partition coefficient (Wildman–Crippen LogP) is 1.43. The van der Waals surface area contributed by atoms with E-state index in [-0.39, 0.29) is 24.1 Å². The highest BCUT2D eigenvalue weighted by molar-refractivity contribution is 7.45. The number of rotatable bonds is 4. The second-order valence-corrected chi connectivity index (χ2v) is 4.73. The van der Waals surface area contributed by atoms with Crippen LogP contribution in [0.15, 0.2) is 0 Å². The summed E-state index contributed by atoms with van der Waals surface area (Å²) in [6.45, 7) is 3.96. The van der Waals surface area contributed by atoms with E-state index in [9.17, 15) is 0 Å². The maximum atomic E-state index is 7.72. The van der Waals surface area contributed by atoms with Crippen molar-refractivity contribution in [3.8, 4) is 0 Å². The third-order valence-electron chi connectivity index (χ3n) is 2.58.